The van der Waals surface area contributed by atoms with E-state index in [1.54, 1.807) is 24.3 Å². The largest absolute Gasteiger partial charge is 0.396 e. The van der Waals surface area contributed by atoms with Gasteiger partial charge in [-0.2, -0.15) is 5.10 Å². The van der Waals surface area contributed by atoms with Crippen LogP contribution in [0.25, 0.3) is 10.8 Å². The molecular weight excluding hydrogens is 258 g/mol. The highest BCUT2D eigenvalue weighted by molar-refractivity contribution is 6.04. The summed E-state index contributed by atoms with van der Waals surface area (Å²) in [4.78, 5) is 23.9. The monoisotopic (exact) mass is 275 g/mol. The Morgan fingerprint density at radius 1 is 1.35 bits per heavy atom. The van der Waals surface area contributed by atoms with Gasteiger partial charge >= 0.3 is 0 Å². The van der Waals surface area contributed by atoms with Gasteiger partial charge in [0.2, 0.25) is 0 Å². The Morgan fingerprint density at radius 2 is 2.00 bits per heavy atom. The standard InChI is InChI=1S/C14H17N3O3/c1-14(2,7-8-18)15-13(20)11-9-5-3-4-6-10(9)12(19)17-16-11/h3-6,18H,7-8H2,1-2H3,(H,15,20)(H,17,19). The number of carbonyl (C=O) groups is 1. The Labute approximate surface area is 115 Å². The summed E-state index contributed by atoms with van der Waals surface area (Å²) >= 11 is 0. The molecule has 0 atom stereocenters. The highest BCUT2D eigenvalue weighted by Gasteiger charge is 2.23. The van der Waals surface area contributed by atoms with Crippen molar-refractivity contribution in [1.29, 1.82) is 0 Å². The molecule has 1 amide bonds. The minimum absolute atomic E-state index is 0.0208. The Morgan fingerprint density at radius 3 is 2.65 bits per heavy atom. The van der Waals surface area contributed by atoms with E-state index < -0.39 is 5.54 Å². The van der Waals surface area contributed by atoms with Crippen LogP contribution in [0.15, 0.2) is 29.1 Å². The van der Waals surface area contributed by atoms with E-state index in [9.17, 15) is 9.59 Å². The van der Waals surface area contributed by atoms with Crippen LogP contribution in [-0.4, -0.2) is 33.4 Å². The van der Waals surface area contributed by atoms with E-state index >= 15 is 0 Å². The Hall–Kier alpha value is -2.21. The maximum Gasteiger partial charge on any atom is 0.272 e. The van der Waals surface area contributed by atoms with Gasteiger partial charge in [0, 0.05) is 17.5 Å². The Kier molecular flexibility index (Phi) is 3.85. The van der Waals surface area contributed by atoms with Crippen molar-refractivity contribution in [2.24, 2.45) is 0 Å². The molecule has 0 aliphatic rings. The maximum absolute atomic E-state index is 12.3. The number of aromatic nitrogens is 2. The van der Waals surface area contributed by atoms with Crippen LogP contribution in [0.3, 0.4) is 0 Å². The second kappa shape index (κ2) is 5.42. The lowest BCUT2D eigenvalue weighted by molar-refractivity contribution is 0.0895. The molecule has 1 heterocycles. The fourth-order valence-electron chi connectivity index (χ4n) is 2.00. The van der Waals surface area contributed by atoms with Crippen LogP contribution in [0, 0.1) is 0 Å². The molecule has 0 aliphatic carbocycles. The van der Waals surface area contributed by atoms with Gasteiger partial charge in [-0.25, -0.2) is 5.10 Å². The van der Waals surface area contributed by atoms with Crippen LogP contribution >= 0.6 is 0 Å². The van der Waals surface area contributed by atoms with Crippen molar-refractivity contribution in [3.63, 3.8) is 0 Å². The summed E-state index contributed by atoms with van der Waals surface area (Å²) in [5.74, 6) is -0.379. The molecule has 20 heavy (non-hydrogen) atoms. The molecule has 0 fully saturated rings. The molecule has 0 aliphatic heterocycles. The van der Waals surface area contributed by atoms with Gasteiger partial charge in [0.1, 0.15) is 0 Å². The van der Waals surface area contributed by atoms with E-state index in [0.717, 1.165) is 0 Å². The quantitative estimate of drug-likeness (QED) is 0.769. The number of rotatable bonds is 4. The smallest absolute Gasteiger partial charge is 0.272 e. The lowest BCUT2D eigenvalue weighted by Crippen LogP contribution is -2.44. The summed E-state index contributed by atoms with van der Waals surface area (Å²) < 4.78 is 0. The lowest BCUT2D eigenvalue weighted by Gasteiger charge is -2.25. The van der Waals surface area contributed by atoms with E-state index in [-0.39, 0.29) is 23.8 Å². The molecule has 0 bridgehead atoms. The molecule has 2 rings (SSSR count). The average Bonchev–Trinajstić information content (AvgIpc) is 2.38. The van der Waals surface area contributed by atoms with Crippen molar-refractivity contribution in [3.05, 3.63) is 40.3 Å². The first kappa shape index (κ1) is 14.2. The van der Waals surface area contributed by atoms with Crippen molar-refractivity contribution >= 4 is 16.7 Å². The van der Waals surface area contributed by atoms with Gasteiger partial charge in [0.05, 0.1) is 5.39 Å². The second-order valence-electron chi connectivity index (χ2n) is 5.26. The lowest BCUT2D eigenvalue weighted by atomic mass is 10.0. The fraction of sp³-hybridized carbons (Fsp3) is 0.357. The molecule has 0 saturated carbocycles. The summed E-state index contributed by atoms with van der Waals surface area (Å²) in [6.07, 6.45) is 0.431. The van der Waals surface area contributed by atoms with E-state index in [4.69, 9.17) is 5.11 Å². The molecule has 1 aromatic carbocycles. The van der Waals surface area contributed by atoms with Crippen LogP contribution in [0.2, 0.25) is 0 Å². The maximum atomic E-state index is 12.3. The van der Waals surface area contributed by atoms with Crippen LogP contribution in [0.1, 0.15) is 30.8 Å². The van der Waals surface area contributed by atoms with Crippen LogP contribution in [0.4, 0.5) is 0 Å². The zero-order chi connectivity index (χ0) is 14.8. The number of nitrogens with one attached hydrogen (secondary N) is 2. The molecular formula is C14H17N3O3. The summed E-state index contributed by atoms with van der Waals surface area (Å²) in [5, 5.41) is 18.9. The number of H-pyrrole nitrogens is 1. The third-order valence-corrected chi connectivity index (χ3v) is 3.10. The minimum Gasteiger partial charge on any atom is -0.396 e. The number of benzene rings is 1. The van der Waals surface area contributed by atoms with Crippen molar-refractivity contribution in [2.75, 3.05) is 6.61 Å². The molecule has 0 spiro atoms. The number of nitrogens with zero attached hydrogens (tertiary/aromatic N) is 1. The van der Waals surface area contributed by atoms with Crippen LogP contribution < -0.4 is 10.9 Å². The van der Waals surface area contributed by atoms with Gasteiger partial charge in [-0.15, -0.1) is 0 Å². The van der Waals surface area contributed by atoms with Crippen molar-refractivity contribution < 1.29 is 9.90 Å². The highest BCUT2D eigenvalue weighted by Crippen LogP contribution is 2.14. The van der Waals surface area contributed by atoms with E-state index in [0.29, 0.717) is 17.2 Å². The summed E-state index contributed by atoms with van der Waals surface area (Å²) in [6.45, 7) is 3.61. The Balaban J connectivity index is 2.41. The first-order valence-electron chi connectivity index (χ1n) is 6.35. The van der Waals surface area contributed by atoms with E-state index in [1.807, 2.05) is 13.8 Å². The van der Waals surface area contributed by atoms with Crippen molar-refractivity contribution in [3.8, 4) is 0 Å². The summed E-state index contributed by atoms with van der Waals surface area (Å²) in [6, 6.07) is 6.81. The van der Waals surface area contributed by atoms with Gasteiger partial charge in [-0.05, 0) is 26.3 Å². The third kappa shape index (κ3) is 2.85. The number of amides is 1. The first-order valence-corrected chi connectivity index (χ1v) is 6.35. The zero-order valence-electron chi connectivity index (χ0n) is 11.4. The van der Waals surface area contributed by atoms with Gasteiger partial charge < -0.3 is 10.4 Å². The number of aliphatic hydroxyl groups excluding tert-OH is 1. The van der Waals surface area contributed by atoms with Gasteiger partial charge in [0.15, 0.2) is 5.69 Å². The molecule has 2 aromatic rings. The van der Waals surface area contributed by atoms with Crippen LogP contribution in [0.5, 0.6) is 0 Å². The number of aliphatic hydroxyl groups is 1. The summed E-state index contributed by atoms with van der Waals surface area (Å²) in [7, 11) is 0. The summed E-state index contributed by atoms with van der Waals surface area (Å²) in [5.41, 5.74) is -0.705. The van der Waals surface area contributed by atoms with E-state index in [2.05, 4.69) is 15.5 Å². The number of fused-ring (bicyclic) bond motifs is 1. The average molecular weight is 275 g/mol. The van der Waals surface area contributed by atoms with Crippen molar-refractivity contribution in [1.82, 2.24) is 15.5 Å². The second-order valence-corrected chi connectivity index (χ2v) is 5.26. The van der Waals surface area contributed by atoms with E-state index in [1.165, 1.54) is 0 Å². The molecule has 3 N–H and O–H groups in total. The number of hydrogen-bond acceptors (Lipinski definition) is 4. The topological polar surface area (TPSA) is 95.1 Å². The fourth-order valence-corrected chi connectivity index (χ4v) is 2.00. The molecule has 6 heteroatoms. The van der Waals surface area contributed by atoms with Gasteiger partial charge in [-0.3, -0.25) is 9.59 Å². The Bertz CT molecular complexity index is 691. The van der Waals surface area contributed by atoms with Crippen LogP contribution in [-0.2, 0) is 0 Å². The number of aromatic amines is 1. The van der Waals surface area contributed by atoms with Gasteiger partial charge in [-0.1, -0.05) is 18.2 Å². The molecule has 106 valence electrons. The normalized spacial score (nSPS) is 11.6. The highest BCUT2D eigenvalue weighted by atomic mass is 16.3. The molecule has 6 nitrogen and oxygen atoms in total. The van der Waals surface area contributed by atoms with Gasteiger partial charge in [0.25, 0.3) is 11.5 Å². The third-order valence-electron chi connectivity index (χ3n) is 3.10. The molecule has 0 radical (unpaired) electrons. The first-order chi connectivity index (χ1) is 9.44. The zero-order valence-corrected chi connectivity index (χ0v) is 11.4. The van der Waals surface area contributed by atoms with Crippen molar-refractivity contribution in [2.45, 2.75) is 25.8 Å². The predicted octanol–water partition coefficient (Wildman–Crippen LogP) is 0.814. The number of carbonyl (C=O) groups excluding carboxylic acids is 1. The number of hydrogen-bond donors (Lipinski definition) is 3. The molecule has 0 unspecified atom stereocenters. The molecule has 1 aromatic heterocycles. The SMILES string of the molecule is CC(C)(CCO)NC(=O)c1n[nH]c(=O)c2ccccc12. The molecule has 0 saturated heterocycles. The predicted molar refractivity (Wildman–Crippen MR) is 75.6 cm³/mol. The minimum atomic E-state index is -0.551.